The molecule has 2 aromatic heterocycles. The van der Waals surface area contributed by atoms with Crippen LogP contribution in [0.1, 0.15) is 37.3 Å². The van der Waals surface area contributed by atoms with Crippen LogP contribution in [0, 0.1) is 6.92 Å². The molecule has 124 valence electrons. The van der Waals surface area contributed by atoms with Gasteiger partial charge in [0.2, 0.25) is 11.7 Å². The van der Waals surface area contributed by atoms with Crippen molar-refractivity contribution in [2.45, 2.75) is 32.8 Å². The zero-order valence-electron chi connectivity index (χ0n) is 13.8. The van der Waals surface area contributed by atoms with E-state index in [-0.39, 0.29) is 6.10 Å². The monoisotopic (exact) mass is 325 g/mol. The molecule has 3 heterocycles. The maximum atomic E-state index is 5.71. The van der Waals surface area contributed by atoms with E-state index in [9.17, 15) is 0 Å². The van der Waals surface area contributed by atoms with Crippen LogP contribution in [0.4, 0.5) is 0 Å². The third kappa shape index (κ3) is 2.73. The summed E-state index contributed by atoms with van der Waals surface area (Å²) >= 11 is 0. The smallest absolute Gasteiger partial charge is 0.256 e. The molecule has 6 nitrogen and oxygen atoms in total. The Bertz CT molecular complexity index is 869. The average Bonchev–Trinajstić information content (AvgIpc) is 3.26. The van der Waals surface area contributed by atoms with Crippen molar-refractivity contribution in [2.75, 3.05) is 13.2 Å². The van der Waals surface area contributed by atoms with Crippen molar-refractivity contribution < 1.29 is 14.0 Å². The summed E-state index contributed by atoms with van der Waals surface area (Å²) < 4.78 is 16.7. The lowest BCUT2D eigenvalue weighted by Gasteiger charge is -2.08. The van der Waals surface area contributed by atoms with Gasteiger partial charge >= 0.3 is 0 Å². The molecule has 6 heteroatoms. The first-order chi connectivity index (χ1) is 11.7. The zero-order chi connectivity index (χ0) is 16.5. The summed E-state index contributed by atoms with van der Waals surface area (Å²) in [7, 11) is 0. The molecule has 3 aromatic rings. The molecule has 1 atom stereocenters. The van der Waals surface area contributed by atoms with Crippen LogP contribution in [0.2, 0.25) is 0 Å². The van der Waals surface area contributed by atoms with E-state index < -0.39 is 0 Å². The van der Waals surface area contributed by atoms with Crippen molar-refractivity contribution in [3.63, 3.8) is 0 Å². The number of fused-ring (bicyclic) bond motifs is 1. The minimum atomic E-state index is -0.0992. The Labute approximate surface area is 139 Å². The van der Waals surface area contributed by atoms with Crippen molar-refractivity contribution in [3.8, 4) is 17.3 Å². The van der Waals surface area contributed by atoms with E-state index in [1.165, 1.54) is 0 Å². The van der Waals surface area contributed by atoms with Crippen LogP contribution in [-0.4, -0.2) is 28.3 Å². The van der Waals surface area contributed by atoms with Gasteiger partial charge in [0.1, 0.15) is 6.10 Å². The number of rotatable bonds is 4. The fourth-order valence-corrected chi connectivity index (χ4v) is 2.91. The molecule has 1 aromatic carbocycles. The van der Waals surface area contributed by atoms with E-state index in [4.69, 9.17) is 14.0 Å². The van der Waals surface area contributed by atoms with E-state index in [0.29, 0.717) is 24.2 Å². The van der Waals surface area contributed by atoms with Crippen LogP contribution >= 0.6 is 0 Å². The van der Waals surface area contributed by atoms with Gasteiger partial charge in [-0.05, 0) is 44.4 Å². The number of pyridine rings is 1. The molecule has 0 amide bonds. The van der Waals surface area contributed by atoms with Crippen LogP contribution < -0.4 is 4.74 Å². The van der Waals surface area contributed by atoms with Crippen molar-refractivity contribution >= 4 is 10.9 Å². The predicted molar refractivity (Wildman–Crippen MR) is 88.9 cm³/mol. The summed E-state index contributed by atoms with van der Waals surface area (Å²) in [5, 5.41) is 5.13. The van der Waals surface area contributed by atoms with Gasteiger partial charge in [-0.25, -0.2) is 4.98 Å². The highest BCUT2D eigenvalue weighted by atomic mass is 16.5. The highest BCUT2D eigenvalue weighted by molar-refractivity contribution is 5.85. The molecule has 0 unspecified atom stereocenters. The van der Waals surface area contributed by atoms with E-state index in [2.05, 4.69) is 21.2 Å². The number of nitrogens with zero attached hydrogens (tertiary/aromatic N) is 3. The molecule has 0 bridgehead atoms. The summed E-state index contributed by atoms with van der Waals surface area (Å²) in [5.41, 5.74) is 2.79. The fraction of sp³-hybridized carbons (Fsp3) is 0.389. The van der Waals surface area contributed by atoms with Crippen LogP contribution in [0.15, 0.2) is 28.8 Å². The normalized spacial score (nSPS) is 17.5. The first kappa shape index (κ1) is 15.1. The zero-order valence-corrected chi connectivity index (χ0v) is 13.8. The Morgan fingerprint density at radius 2 is 2.17 bits per heavy atom. The Kier molecular flexibility index (Phi) is 3.90. The lowest BCUT2D eigenvalue weighted by Crippen LogP contribution is -1.99. The quantitative estimate of drug-likeness (QED) is 0.726. The number of benzene rings is 1. The Balaban J connectivity index is 1.79. The maximum absolute atomic E-state index is 5.71. The minimum Gasteiger partial charge on any atom is -0.477 e. The highest BCUT2D eigenvalue weighted by Crippen LogP contribution is 2.33. The standard InChI is InChI=1S/C18H19N3O3/c1-3-22-17-13(10-12-7-6-11(2)9-14(12)19-17)16-20-18(24-21-16)15-5-4-8-23-15/h6-7,9-10,15H,3-5,8H2,1-2H3/t15-/m0/s1. The summed E-state index contributed by atoms with van der Waals surface area (Å²) in [4.78, 5) is 9.14. The van der Waals surface area contributed by atoms with Gasteiger partial charge in [-0.1, -0.05) is 17.3 Å². The lowest BCUT2D eigenvalue weighted by molar-refractivity contribution is 0.0835. The molecule has 1 saturated heterocycles. The molecule has 0 radical (unpaired) electrons. The maximum Gasteiger partial charge on any atom is 0.256 e. The summed E-state index contributed by atoms with van der Waals surface area (Å²) in [6.45, 7) is 5.24. The first-order valence-corrected chi connectivity index (χ1v) is 8.24. The van der Waals surface area contributed by atoms with Gasteiger partial charge in [-0.15, -0.1) is 0 Å². The molecular weight excluding hydrogens is 306 g/mol. The lowest BCUT2D eigenvalue weighted by atomic mass is 10.1. The summed E-state index contributed by atoms with van der Waals surface area (Å²) in [5.74, 6) is 1.53. The molecule has 0 saturated carbocycles. The van der Waals surface area contributed by atoms with E-state index in [1.54, 1.807) is 0 Å². The van der Waals surface area contributed by atoms with Crippen LogP contribution in [0.3, 0.4) is 0 Å². The van der Waals surface area contributed by atoms with Gasteiger partial charge in [-0.2, -0.15) is 4.98 Å². The Hall–Kier alpha value is -2.47. The van der Waals surface area contributed by atoms with E-state index in [0.717, 1.165) is 41.5 Å². The third-order valence-electron chi connectivity index (χ3n) is 4.11. The molecular formula is C18H19N3O3. The molecule has 0 spiro atoms. The summed E-state index contributed by atoms with van der Waals surface area (Å²) in [6, 6.07) is 8.13. The van der Waals surface area contributed by atoms with Crippen molar-refractivity contribution in [3.05, 3.63) is 35.7 Å². The van der Waals surface area contributed by atoms with Crippen molar-refractivity contribution in [1.82, 2.24) is 15.1 Å². The molecule has 0 N–H and O–H groups in total. The second-order valence-corrected chi connectivity index (χ2v) is 5.93. The molecule has 4 rings (SSSR count). The Morgan fingerprint density at radius 1 is 1.25 bits per heavy atom. The minimum absolute atomic E-state index is 0.0992. The highest BCUT2D eigenvalue weighted by Gasteiger charge is 2.25. The van der Waals surface area contributed by atoms with Crippen LogP contribution in [0.25, 0.3) is 22.3 Å². The van der Waals surface area contributed by atoms with Crippen LogP contribution in [0.5, 0.6) is 5.88 Å². The second kappa shape index (κ2) is 6.20. The number of ether oxygens (including phenoxy) is 2. The second-order valence-electron chi connectivity index (χ2n) is 5.93. The molecule has 1 aliphatic heterocycles. The number of hydrogen-bond donors (Lipinski definition) is 0. The van der Waals surface area contributed by atoms with Crippen molar-refractivity contribution in [2.24, 2.45) is 0 Å². The largest absolute Gasteiger partial charge is 0.477 e. The first-order valence-electron chi connectivity index (χ1n) is 8.24. The number of aromatic nitrogens is 3. The van der Waals surface area contributed by atoms with Crippen molar-refractivity contribution in [1.29, 1.82) is 0 Å². The fourth-order valence-electron chi connectivity index (χ4n) is 2.91. The molecule has 0 aliphatic carbocycles. The van der Waals surface area contributed by atoms with Gasteiger partial charge in [0, 0.05) is 12.0 Å². The number of hydrogen-bond acceptors (Lipinski definition) is 6. The number of aryl methyl sites for hydroxylation is 1. The van der Waals surface area contributed by atoms with Gasteiger partial charge in [-0.3, -0.25) is 0 Å². The van der Waals surface area contributed by atoms with Gasteiger partial charge in [0.05, 0.1) is 17.7 Å². The van der Waals surface area contributed by atoms with Crippen LogP contribution in [-0.2, 0) is 4.74 Å². The average molecular weight is 325 g/mol. The van der Waals surface area contributed by atoms with Gasteiger partial charge in [0.25, 0.3) is 5.89 Å². The topological polar surface area (TPSA) is 70.3 Å². The Morgan fingerprint density at radius 3 is 2.96 bits per heavy atom. The molecule has 1 fully saturated rings. The third-order valence-corrected chi connectivity index (χ3v) is 4.11. The predicted octanol–water partition coefficient (Wildman–Crippen LogP) is 3.84. The van der Waals surface area contributed by atoms with E-state index >= 15 is 0 Å². The molecule has 1 aliphatic rings. The summed E-state index contributed by atoms with van der Waals surface area (Å²) in [6.07, 6.45) is 1.83. The van der Waals surface area contributed by atoms with Gasteiger partial charge in [0.15, 0.2) is 0 Å². The van der Waals surface area contributed by atoms with Gasteiger partial charge < -0.3 is 14.0 Å². The SMILES string of the molecule is CCOc1nc2cc(C)ccc2cc1-c1noc([C@@H]2CCCO2)n1. The molecule has 24 heavy (non-hydrogen) atoms. The van der Waals surface area contributed by atoms with E-state index in [1.807, 2.05) is 32.0 Å².